The van der Waals surface area contributed by atoms with E-state index < -0.39 is 5.54 Å². The molecule has 2 aromatic rings. The van der Waals surface area contributed by atoms with Crippen LogP contribution in [0.5, 0.6) is 0 Å². The number of carbonyl (C=O) groups is 1. The maximum absolute atomic E-state index is 14.8. The minimum absolute atomic E-state index is 0.0551. The van der Waals surface area contributed by atoms with Gasteiger partial charge in [-0.05, 0) is 25.3 Å². The third kappa shape index (κ3) is 3.65. The van der Waals surface area contributed by atoms with E-state index in [4.69, 9.17) is 9.73 Å². The molecule has 0 unspecified atom stereocenters. The molecule has 3 atom stereocenters. The zero-order chi connectivity index (χ0) is 19.6. The average molecular weight is 398 g/mol. The van der Waals surface area contributed by atoms with Crippen LogP contribution in [0.2, 0.25) is 0 Å². The van der Waals surface area contributed by atoms with Gasteiger partial charge in [0.05, 0.1) is 23.1 Å². The monoisotopic (exact) mass is 397 g/mol. The summed E-state index contributed by atoms with van der Waals surface area (Å²) < 4.78 is 20.4. The number of halogens is 1. The number of Topliss-reactive ketones (excluding diaryl/α,β-unsaturated/α-hetero) is 1. The van der Waals surface area contributed by atoms with Crippen LogP contribution in [0.25, 0.3) is 0 Å². The summed E-state index contributed by atoms with van der Waals surface area (Å²) in [6.45, 7) is 0. The Balaban J connectivity index is 1.68. The van der Waals surface area contributed by atoms with Crippen LogP contribution in [0, 0.1) is 11.7 Å². The molecule has 0 spiro atoms. The number of aliphatic imine (C=N–C) groups is 1. The lowest BCUT2D eigenvalue weighted by atomic mass is 9.68. The molecule has 0 amide bonds. The molecule has 1 aliphatic heterocycles. The van der Waals surface area contributed by atoms with Gasteiger partial charge in [0.2, 0.25) is 0 Å². The number of benzene rings is 2. The number of hydrogen-bond donors (Lipinski definition) is 0. The normalized spacial score (nSPS) is 27.0. The third-order valence-corrected chi connectivity index (χ3v) is 7.06. The predicted molar refractivity (Wildman–Crippen MR) is 111 cm³/mol. The zero-order valence-corrected chi connectivity index (χ0v) is 16.8. The second kappa shape index (κ2) is 8.18. The van der Waals surface area contributed by atoms with Crippen LogP contribution < -0.4 is 0 Å². The van der Waals surface area contributed by atoms with Crippen molar-refractivity contribution in [3.05, 3.63) is 71.5 Å². The van der Waals surface area contributed by atoms with Crippen molar-refractivity contribution >= 4 is 22.6 Å². The van der Waals surface area contributed by atoms with Gasteiger partial charge in [0.1, 0.15) is 5.82 Å². The molecule has 2 aromatic carbocycles. The summed E-state index contributed by atoms with van der Waals surface area (Å²) in [5.41, 5.74) is 0.744. The van der Waals surface area contributed by atoms with Crippen LogP contribution in [-0.4, -0.2) is 29.8 Å². The summed E-state index contributed by atoms with van der Waals surface area (Å²) in [5, 5.41) is 0.809. The highest BCUT2D eigenvalue weighted by atomic mass is 32.2. The molecule has 1 heterocycles. The lowest BCUT2D eigenvalue weighted by Gasteiger charge is -2.46. The number of fused-ring (bicyclic) bond motifs is 1. The number of carbonyl (C=O) groups excluding carboxylic acids is 1. The van der Waals surface area contributed by atoms with Gasteiger partial charge in [0.15, 0.2) is 5.78 Å². The molecule has 1 saturated carbocycles. The first-order valence-corrected chi connectivity index (χ1v) is 10.7. The molecular formula is C23H24FNO2S. The van der Waals surface area contributed by atoms with Crippen molar-refractivity contribution in [2.75, 3.05) is 12.9 Å². The highest BCUT2D eigenvalue weighted by molar-refractivity contribution is 8.14. The standard InChI is InChI=1S/C23H24FNO2S/c1-27-18-11-12-23(19-9-5-6-10-20(19)24)17(13-18)15-28-22(25-23)14-21(26)16-7-3-2-4-8-16/h2-10,17-18H,11-15H2,1H3/t17-,18-,23-/m0/s1. The molecule has 4 rings (SSSR count). The molecular weight excluding hydrogens is 373 g/mol. The number of thioether (sulfide) groups is 1. The molecule has 3 nitrogen and oxygen atoms in total. The summed E-state index contributed by atoms with van der Waals surface area (Å²) in [6.07, 6.45) is 2.90. The van der Waals surface area contributed by atoms with E-state index in [-0.39, 0.29) is 30.0 Å². The van der Waals surface area contributed by atoms with Crippen molar-refractivity contribution in [2.24, 2.45) is 10.9 Å². The lowest BCUT2D eigenvalue weighted by molar-refractivity contribution is 0.0229. The van der Waals surface area contributed by atoms with E-state index >= 15 is 0 Å². The molecule has 1 aliphatic carbocycles. The van der Waals surface area contributed by atoms with E-state index in [0.717, 1.165) is 30.1 Å². The average Bonchev–Trinajstić information content (AvgIpc) is 2.74. The summed E-state index contributed by atoms with van der Waals surface area (Å²) in [7, 11) is 1.74. The van der Waals surface area contributed by atoms with Crippen molar-refractivity contribution in [3.8, 4) is 0 Å². The molecule has 0 N–H and O–H groups in total. The van der Waals surface area contributed by atoms with Gasteiger partial charge < -0.3 is 4.74 Å². The Kier molecular flexibility index (Phi) is 5.65. The second-order valence-corrected chi connectivity index (χ2v) is 8.61. The van der Waals surface area contributed by atoms with Gasteiger partial charge in [0, 0.05) is 29.9 Å². The summed E-state index contributed by atoms with van der Waals surface area (Å²) in [5.74, 6) is 0.866. The van der Waals surface area contributed by atoms with Gasteiger partial charge in [-0.3, -0.25) is 9.79 Å². The smallest absolute Gasteiger partial charge is 0.169 e. The number of methoxy groups -OCH3 is 1. The van der Waals surface area contributed by atoms with Gasteiger partial charge in [-0.1, -0.05) is 48.5 Å². The Morgan fingerprint density at radius 3 is 2.71 bits per heavy atom. The topological polar surface area (TPSA) is 38.7 Å². The third-order valence-electron chi connectivity index (χ3n) is 5.93. The number of hydrogen-bond acceptors (Lipinski definition) is 4. The van der Waals surface area contributed by atoms with Gasteiger partial charge in [0.25, 0.3) is 0 Å². The zero-order valence-electron chi connectivity index (χ0n) is 15.9. The van der Waals surface area contributed by atoms with Crippen molar-refractivity contribution in [2.45, 2.75) is 37.3 Å². The maximum Gasteiger partial charge on any atom is 0.169 e. The lowest BCUT2D eigenvalue weighted by Crippen LogP contribution is -2.45. The van der Waals surface area contributed by atoms with Gasteiger partial charge in [-0.15, -0.1) is 11.8 Å². The van der Waals surface area contributed by atoms with Crippen LogP contribution >= 0.6 is 11.8 Å². The van der Waals surface area contributed by atoms with Gasteiger partial charge in [-0.2, -0.15) is 0 Å². The quantitative estimate of drug-likeness (QED) is 0.647. The Labute approximate surface area is 169 Å². The Morgan fingerprint density at radius 1 is 1.21 bits per heavy atom. The highest BCUT2D eigenvalue weighted by Crippen LogP contribution is 2.50. The molecule has 0 radical (unpaired) electrons. The first-order valence-electron chi connectivity index (χ1n) is 9.70. The molecule has 0 aromatic heterocycles. The van der Waals surface area contributed by atoms with Crippen molar-refractivity contribution in [3.63, 3.8) is 0 Å². The fourth-order valence-corrected chi connectivity index (χ4v) is 5.68. The Hall–Kier alpha value is -1.98. The summed E-state index contributed by atoms with van der Waals surface area (Å²) in [6, 6.07) is 16.2. The first kappa shape index (κ1) is 19.3. The molecule has 28 heavy (non-hydrogen) atoms. The molecule has 0 saturated heterocycles. The van der Waals surface area contributed by atoms with E-state index in [1.54, 1.807) is 24.9 Å². The van der Waals surface area contributed by atoms with Gasteiger partial charge in [-0.25, -0.2) is 4.39 Å². The number of rotatable bonds is 5. The van der Waals surface area contributed by atoms with E-state index in [1.807, 2.05) is 42.5 Å². The Bertz CT molecular complexity index is 885. The van der Waals surface area contributed by atoms with Crippen molar-refractivity contribution in [1.82, 2.24) is 0 Å². The molecule has 146 valence electrons. The van der Waals surface area contributed by atoms with Crippen LogP contribution in [-0.2, 0) is 10.3 Å². The number of ketones is 1. The van der Waals surface area contributed by atoms with E-state index in [0.29, 0.717) is 11.1 Å². The first-order chi connectivity index (χ1) is 13.6. The SMILES string of the molecule is CO[C@H]1CC[C@]2(c3ccccc3F)N=C(CC(=O)c3ccccc3)SC[C@@H]2C1. The van der Waals surface area contributed by atoms with Crippen LogP contribution in [0.15, 0.2) is 59.6 Å². The highest BCUT2D eigenvalue weighted by Gasteiger charge is 2.48. The molecule has 2 aliphatic rings. The molecule has 1 fully saturated rings. The summed E-state index contributed by atoms with van der Waals surface area (Å²) in [4.78, 5) is 17.8. The van der Waals surface area contributed by atoms with Crippen LogP contribution in [0.1, 0.15) is 41.6 Å². The van der Waals surface area contributed by atoms with Crippen molar-refractivity contribution < 1.29 is 13.9 Å². The molecule has 0 bridgehead atoms. The van der Waals surface area contributed by atoms with Crippen LogP contribution in [0.4, 0.5) is 4.39 Å². The van der Waals surface area contributed by atoms with E-state index in [9.17, 15) is 9.18 Å². The predicted octanol–water partition coefficient (Wildman–Crippen LogP) is 5.25. The summed E-state index contributed by atoms with van der Waals surface area (Å²) >= 11 is 1.63. The fourth-order valence-electron chi connectivity index (χ4n) is 4.42. The van der Waals surface area contributed by atoms with Crippen LogP contribution in [0.3, 0.4) is 0 Å². The molecule has 5 heteroatoms. The second-order valence-electron chi connectivity index (χ2n) is 7.52. The largest absolute Gasteiger partial charge is 0.381 e. The minimum atomic E-state index is -0.599. The fraction of sp³-hybridized carbons (Fsp3) is 0.391. The maximum atomic E-state index is 14.8. The Morgan fingerprint density at radius 2 is 1.96 bits per heavy atom. The van der Waals surface area contributed by atoms with Gasteiger partial charge >= 0.3 is 0 Å². The minimum Gasteiger partial charge on any atom is -0.381 e. The van der Waals surface area contributed by atoms with Crippen molar-refractivity contribution in [1.29, 1.82) is 0 Å². The number of nitrogens with zero attached hydrogens (tertiary/aromatic N) is 1. The van der Waals surface area contributed by atoms with E-state index in [2.05, 4.69) is 0 Å². The number of ether oxygens (including phenoxy) is 1. The van der Waals surface area contributed by atoms with E-state index in [1.165, 1.54) is 6.07 Å².